The molecule has 1 aromatic carbocycles. The predicted molar refractivity (Wildman–Crippen MR) is 90.0 cm³/mol. The molecule has 118 valence electrons. The number of rotatable bonds is 9. The van der Waals surface area contributed by atoms with Crippen LogP contribution in [0.4, 0.5) is 5.69 Å². The van der Waals surface area contributed by atoms with Gasteiger partial charge >= 0.3 is 0 Å². The molecule has 0 heterocycles. The second-order valence-corrected chi connectivity index (χ2v) is 5.59. The van der Waals surface area contributed by atoms with Gasteiger partial charge in [-0.15, -0.1) is 0 Å². The molecule has 4 nitrogen and oxygen atoms in total. The number of carbonyl (C=O) groups excluding carboxylic acids is 1. The molecule has 1 aromatic rings. The average Bonchev–Trinajstić information content (AvgIpc) is 2.46. The Morgan fingerprint density at radius 2 is 1.95 bits per heavy atom. The van der Waals surface area contributed by atoms with Gasteiger partial charge in [0.15, 0.2) is 0 Å². The summed E-state index contributed by atoms with van der Waals surface area (Å²) < 4.78 is 0. The van der Waals surface area contributed by atoms with E-state index in [0.29, 0.717) is 18.1 Å². The van der Waals surface area contributed by atoms with Gasteiger partial charge in [0.25, 0.3) is 0 Å². The van der Waals surface area contributed by atoms with Crippen molar-refractivity contribution in [3.63, 3.8) is 0 Å². The molecule has 21 heavy (non-hydrogen) atoms. The highest BCUT2D eigenvalue weighted by atomic mass is 35.5. The zero-order valence-corrected chi connectivity index (χ0v) is 14.0. The molecule has 0 atom stereocenters. The van der Waals surface area contributed by atoms with Crippen LogP contribution in [0.15, 0.2) is 18.2 Å². The maximum Gasteiger partial charge on any atom is 0.239 e. The molecule has 1 rings (SSSR count). The number of nitrogens with zero attached hydrogens (tertiary/aromatic N) is 1. The summed E-state index contributed by atoms with van der Waals surface area (Å²) in [6.45, 7) is 6.98. The average molecular weight is 312 g/mol. The molecule has 1 amide bonds. The Balaban J connectivity index is 2.73. The van der Waals surface area contributed by atoms with E-state index < -0.39 is 0 Å². The smallest absolute Gasteiger partial charge is 0.239 e. The third-order valence-corrected chi connectivity index (χ3v) is 3.39. The van der Waals surface area contributed by atoms with Gasteiger partial charge in [-0.2, -0.15) is 0 Å². The lowest BCUT2D eigenvalue weighted by Gasteiger charge is -2.22. The van der Waals surface area contributed by atoms with Crippen molar-refractivity contribution in [3.05, 3.63) is 28.8 Å². The topological polar surface area (TPSA) is 44.4 Å². The van der Waals surface area contributed by atoms with Gasteiger partial charge in [-0.3, -0.25) is 4.79 Å². The predicted octanol–water partition coefficient (Wildman–Crippen LogP) is 2.80. The van der Waals surface area contributed by atoms with Gasteiger partial charge in [-0.25, -0.2) is 0 Å². The first-order valence-electron chi connectivity index (χ1n) is 7.55. The number of anilines is 1. The van der Waals surface area contributed by atoms with Crippen molar-refractivity contribution in [1.82, 2.24) is 10.6 Å². The summed E-state index contributed by atoms with van der Waals surface area (Å²) in [5.41, 5.74) is 2.15. The SMILES string of the molecule is CCCNCc1ccc(Cl)cc1N(C)CC(=O)NCCC. The zero-order valence-electron chi connectivity index (χ0n) is 13.2. The second kappa shape index (κ2) is 9.64. The fourth-order valence-electron chi connectivity index (χ4n) is 2.06. The minimum Gasteiger partial charge on any atom is -0.365 e. The molecule has 0 radical (unpaired) electrons. The van der Waals surface area contributed by atoms with E-state index in [1.54, 1.807) is 0 Å². The summed E-state index contributed by atoms with van der Waals surface area (Å²) >= 11 is 6.09. The van der Waals surface area contributed by atoms with Gasteiger partial charge in [-0.05, 0) is 37.1 Å². The molecule has 0 unspecified atom stereocenters. The number of nitrogens with one attached hydrogen (secondary N) is 2. The molecule has 2 N–H and O–H groups in total. The van der Waals surface area contributed by atoms with E-state index in [0.717, 1.165) is 37.2 Å². The van der Waals surface area contributed by atoms with E-state index in [4.69, 9.17) is 11.6 Å². The van der Waals surface area contributed by atoms with E-state index in [1.165, 1.54) is 0 Å². The summed E-state index contributed by atoms with van der Waals surface area (Å²) in [7, 11) is 1.92. The van der Waals surface area contributed by atoms with Crippen molar-refractivity contribution in [2.24, 2.45) is 0 Å². The summed E-state index contributed by atoms with van der Waals surface area (Å²) in [6.07, 6.45) is 2.04. The van der Waals surface area contributed by atoms with Crippen molar-refractivity contribution in [2.45, 2.75) is 33.2 Å². The maximum absolute atomic E-state index is 11.8. The van der Waals surface area contributed by atoms with Crippen LogP contribution in [0.25, 0.3) is 0 Å². The molecule has 5 heteroatoms. The lowest BCUT2D eigenvalue weighted by molar-refractivity contribution is -0.119. The van der Waals surface area contributed by atoms with E-state index in [1.807, 2.05) is 37.1 Å². The summed E-state index contributed by atoms with van der Waals surface area (Å²) in [5, 5.41) is 6.96. The second-order valence-electron chi connectivity index (χ2n) is 5.16. The Morgan fingerprint density at radius 1 is 1.24 bits per heavy atom. The van der Waals surface area contributed by atoms with Crippen LogP contribution in [0, 0.1) is 0 Å². The van der Waals surface area contributed by atoms with Crippen LogP contribution in [0.2, 0.25) is 5.02 Å². The first kappa shape index (κ1) is 17.8. The number of hydrogen-bond donors (Lipinski definition) is 2. The summed E-state index contributed by atoms with van der Waals surface area (Å²) in [5.74, 6) is 0.0341. The zero-order chi connectivity index (χ0) is 15.7. The Labute approximate surface area is 132 Å². The van der Waals surface area contributed by atoms with Crippen LogP contribution in [-0.2, 0) is 11.3 Å². The quantitative estimate of drug-likeness (QED) is 0.689. The number of hydrogen-bond acceptors (Lipinski definition) is 3. The van der Waals surface area contributed by atoms with Gasteiger partial charge < -0.3 is 15.5 Å². The molecule has 0 aliphatic heterocycles. The summed E-state index contributed by atoms with van der Waals surface area (Å²) in [4.78, 5) is 13.8. The fraction of sp³-hybridized carbons (Fsp3) is 0.562. The molecule has 0 aliphatic carbocycles. The number of benzene rings is 1. The standard InChI is InChI=1S/C16H26ClN3O/c1-4-8-18-11-13-6-7-14(17)10-15(13)20(3)12-16(21)19-9-5-2/h6-7,10,18H,4-5,8-9,11-12H2,1-3H3,(H,19,21). The van der Waals surface area contributed by atoms with Gasteiger partial charge in [0.2, 0.25) is 5.91 Å². The minimum atomic E-state index is 0.0341. The van der Waals surface area contributed by atoms with Crippen LogP contribution in [-0.4, -0.2) is 32.6 Å². The van der Waals surface area contributed by atoms with Crippen LogP contribution in [0.3, 0.4) is 0 Å². The fourth-order valence-corrected chi connectivity index (χ4v) is 2.23. The van der Waals surface area contributed by atoms with Gasteiger partial charge in [0.1, 0.15) is 0 Å². The van der Waals surface area contributed by atoms with Crippen molar-refractivity contribution in [2.75, 3.05) is 31.6 Å². The van der Waals surface area contributed by atoms with Gasteiger partial charge in [-0.1, -0.05) is 31.5 Å². The monoisotopic (exact) mass is 311 g/mol. The molecule has 0 saturated heterocycles. The molecular weight excluding hydrogens is 286 g/mol. The molecule has 0 aromatic heterocycles. The van der Waals surface area contributed by atoms with Crippen molar-refractivity contribution >= 4 is 23.2 Å². The lowest BCUT2D eigenvalue weighted by Crippen LogP contribution is -2.36. The normalized spacial score (nSPS) is 10.5. The summed E-state index contributed by atoms with van der Waals surface area (Å²) in [6, 6.07) is 5.82. The molecule has 0 aliphatic rings. The van der Waals surface area contributed by atoms with Crippen molar-refractivity contribution in [3.8, 4) is 0 Å². The third-order valence-electron chi connectivity index (χ3n) is 3.15. The Morgan fingerprint density at radius 3 is 2.62 bits per heavy atom. The Bertz CT molecular complexity index is 451. The van der Waals surface area contributed by atoms with Crippen LogP contribution < -0.4 is 15.5 Å². The van der Waals surface area contributed by atoms with Crippen molar-refractivity contribution < 1.29 is 4.79 Å². The van der Waals surface area contributed by atoms with E-state index >= 15 is 0 Å². The molecule has 0 saturated carbocycles. The van der Waals surface area contributed by atoms with Crippen molar-refractivity contribution in [1.29, 1.82) is 0 Å². The number of carbonyl (C=O) groups is 1. The largest absolute Gasteiger partial charge is 0.365 e. The highest BCUT2D eigenvalue weighted by Gasteiger charge is 2.11. The molecular formula is C16H26ClN3O. The molecule has 0 spiro atoms. The van der Waals surface area contributed by atoms with Gasteiger partial charge in [0.05, 0.1) is 6.54 Å². The Kier molecular flexibility index (Phi) is 8.16. The van der Waals surface area contributed by atoms with E-state index in [-0.39, 0.29) is 5.91 Å². The van der Waals surface area contributed by atoms with E-state index in [9.17, 15) is 4.79 Å². The van der Waals surface area contributed by atoms with E-state index in [2.05, 4.69) is 17.6 Å². The molecule has 0 fully saturated rings. The van der Waals surface area contributed by atoms with Gasteiger partial charge in [0, 0.05) is 30.8 Å². The minimum absolute atomic E-state index is 0.0341. The first-order valence-corrected chi connectivity index (χ1v) is 7.93. The molecule has 0 bridgehead atoms. The highest BCUT2D eigenvalue weighted by Crippen LogP contribution is 2.24. The number of amides is 1. The van der Waals surface area contributed by atoms with Crippen LogP contribution in [0.5, 0.6) is 0 Å². The first-order chi connectivity index (χ1) is 10.1. The van der Waals surface area contributed by atoms with Crippen LogP contribution >= 0.6 is 11.6 Å². The Hall–Kier alpha value is -1.26. The lowest BCUT2D eigenvalue weighted by atomic mass is 10.1. The maximum atomic E-state index is 11.8. The number of halogens is 1. The highest BCUT2D eigenvalue weighted by molar-refractivity contribution is 6.30. The third kappa shape index (κ3) is 6.36. The number of likely N-dealkylation sites (N-methyl/N-ethyl adjacent to an activating group) is 1. The van der Waals surface area contributed by atoms with Crippen LogP contribution in [0.1, 0.15) is 32.3 Å².